The molecule has 2 aromatic carbocycles. The number of hydrogen-bond acceptors (Lipinski definition) is 5. The monoisotopic (exact) mass is 336 g/mol. The molecule has 1 heterocycles. The second-order valence-corrected chi connectivity index (χ2v) is 5.44. The molecule has 8 nitrogen and oxygen atoms in total. The third kappa shape index (κ3) is 4.25. The number of nitrogens with one attached hydrogen (secondary N) is 1. The SMILES string of the molecule is NC(=O)c1ccc(CNC(=O)Cc2ccc(-n3cnnn3)cc2)cc1. The highest BCUT2D eigenvalue weighted by atomic mass is 16.1. The molecule has 0 radical (unpaired) electrons. The van der Waals surface area contributed by atoms with Crippen LogP contribution in [0, 0.1) is 0 Å². The van der Waals surface area contributed by atoms with Crippen molar-refractivity contribution >= 4 is 11.8 Å². The van der Waals surface area contributed by atoms with Gasteiger partial charge in [-0.1, -0.05) is 24.3 Å². The number of hydrogen-bond donors (Lipinski definition) is 2. The molecule has 3 aromatic rings. The molecule has 0 aliphatic heterocycles. The maximum atomic E-state index is 12.1. The first-order chi connectivity index (χ1) is 12.1. The van der Waals surface area contributed by atoms with E-state index in [4.69, 9.17) is 5.73 Å². The molecule has 3 rings (SSSR count). The number of benzene rings is 2. The van der Waals surface area contributed by atoms with Gasteiger partial charge in [-0.3, -0.25) is 9.59 Å². The van der Waals surface area contributed by atoms with Crippen molar-refractivity contribution in [2.24, 2.45) is 5.73 Å². The van der Waals surface area contributed by atoms with Crippen LogP contribution in [0.5, 0.6) is 0 Å². The van der Waals surface area contributed by atoms with Crippen molar-refractivity contribution in [3.05, 3.63) is 71.5 Å². The Labute approximate surface area is 143 Å². The van der Waals surface area contributed by atoms with Gasteiger partial charge in [0.15, 0.2) is 0 Å². The second-order valence-electron chi connectivity index (χ2n) is 5.44. The van der Waals surface area contributed by atoms with E-state index in [1.807, 2.05) is 24.3 Å². The van der Waals surface area contributed by atoms with Gasteiger partial charge in [-0.25, -0.2) is 4.68 Å². The second kappa shape index (κ2) is 7.35. The average Bonchev–Trinajstić information content (AvgIpc) is 3.15. The lowest BCUT2D eigenvalue weighted by Crippen LogP contribution is -2.24. The summed E-state index contributed by atoms with van der Waals surface area (Å²) in [7, 11) is 0. The van der Waals surface area contributed by atoms with Gasteiger partial charge in [-0.05, 0) is 45.8 Å². The Bertz CT molecular complexity index is 857. The van der Waals surface area contributed by atoms with E-state index in [1.165, 1.54) is 6.33 Å². The molecule has 0 spiro atoms. The molecule has 0 aliphatic rings. The molecular formula is C17H16N6O2. The van der Waals surface area contributed by atoms with Crippen molar-refractivity contribution < 1.29 is 9.59 Å². The van der Waals surface area contributed by atoms with Crippen LogP contribution in [0.15, 0.2) is 54.9 Å². The highest BCUT2D eigenvalue weighted by Gasteiger charge is 2.05. The molecule has 126 valence electrons. The smallest absolute Gasteiger partial charge is 0.248 e. The number of aromatic nitrogens is 4. The zero-order valence-corrected chi connectivity index (χ0v) is 13.3. The summed E-state index contributed by atoms with van der Waals surface area (Å²) in [5.74, 6) is -0.560. The quantitative estimate of drug-likeness (QED) is 0.684. The van der Waals surface area contributed by atoms with Crippen LogP contribution in [0.2, 0.25) is 0 Å². The molecule has 3 N–H and O–H groups in total. The molecule has 0 atom stereocenters. The zero-order chi connectivity index (χ0) is 17.6. The number of primary amides is 1. The predicted molar refractivity (Wildman–Crippen MR) is 89.7 cm³/mol. The molecule has 25 heavy (non-hydrogen) atoms. The first-order valence-electron chi connectivity index (χ1n) is 7.59. The third-order valence-corrected chi connectivity index (χ3v) is 3.64. The highest BCUT2D eigenvalue weighted by molar-refractivity contribution is 5.92. The van der Waals surface area contributed by atoms with Crippen LogP contribution in [0.3, 0.4) is 0 Å². The van der Waals surface area contributed by atoms with Crippen LogP contribution in [0.1, 0.15) is 21.5 Å². The Balaban J connectivity index is 1.53. The van der Waals surface area contributed by atoms with Crippen LogP contribution in [0.25, 0.3) is 5.69 Å². The Morgan fingerprint density at radius 1 is 1.00 bits per heavy atom. The van der Waals surface area contributed by atoms with Gasteiger partial charge in [0.2, 0.25) is 11.8 Å². The third-order valence-electron chi connectivity index (χ3n) is 3.64. The van der Waals surface area contributed by atoms with Crippen molar-refractivity contribution in [2.75, 3.05) is 0 Å². The van der Waals surface area contributed by atoms with Crippen LogP contribution in [-0.4, -0.2) is 32.0 Å². The maximum Gasteiger partial charge on any atom is 0.248 e. The lowest BCUT2D eigenvalue weighted by Gasteiger charge is -2.07. The van der Waals surface area contributed by atoms with Gasteiger partial charge in [-0.2, -0.15) is 0 Å². The molecule has 0 saturated heterocycles. The topological polar surface area (TPSA) is 116 Å². The van der Waals surface area contributed by atoms with E-state index < -0.39 is 5.91 Å². The standard InChI is InChI=1S/C17H16N6O2/c18-17(25)14-5-1-13(2-6-14)10-19-16(24)9-12-3-7-15(8-4-12)23-11-20-21-22-23/h1-8,11H,9-10H2,(H2,18,25)(H,19,24). The van der Waals surface area contributed by atoms with Gasteiger partial charge in [0.1, 0.15) is 6.33 Å². The summed E-state index contributed by atoms with van der Waals surface area (Å²) in [5.41, 5.74) is 8.24. The Morgan fingerprint density at radius 3 is 2.28 bits per heavy atom. The maximum absolute atomic E-state index is 12.1. The molecule has 8 heteroatoms. The fourth-order valence-corrected chi connectivity index (χ4v) is 2.28. The lowest BCUT2D eigenvalue weighted by molar-refractivity contribution is -0.120. The number of carbonyl (C=O) groups excluding carboxylic acids is 2. The van der Waals surface area contributed by atoms with Gasteiger partial charge in [0.05, 0.1) is 12.1 Å². The van der Waals surface area contributed by atoms with Crippen molar-refractivity contribution in [3.63, 3.8) is 0 Å². The number of amides is 2. The Hall–Kier alpha value is -3.55. The fraction of sp³-hybridized carbons (Fsp3) is 0.118. The molecule has 0 fully saturated rings. The van der Waals surface area contributed by atoms with Crippen LogP contribution >= 0.6 is 0 Å². The first kappa shape index (κ1) is 16.3. The zero-order valence-electron chi connectivity index (χ0n) is 13.3. The predicted octanol–water partition coefficient (Wildman–Crippen LogP) is 0.620. The summed E-state index contributed by atoms with van der Waals surface area (Å²) >= 11 is 0. The van der Waals surface area contributed by atoms with Gasteiger partial charge >= 0.3 is 0 Å². The number of tetrazole rings is 1. The molecule has 0 aliphatic carbocycles. The van der Waals surface area contributed by atoms with Crippen molar-refractivity contribution in [1.82, 2.24) is 25.5 Å². The van der Waals surface area contributed by atoms with Gasteiger partial charge < -0.3 is 11.1 Å². The van der Waals surface area contributed by atoms with E-state index >= 15 is 0 Å². The van der Waals surface area contributed by atoms with Gasteiger partial charge in [-0.15, -0.1) is 5.10 Å². The van der Waals surface area contributed by atoms with Crippen molar-refractivity contribution in [1.29, 1.82) is 0 Å². The van der Waals surface area contributed by atoms with Crippen molar-refractivity contribution in [2.45, 2.75) is 13.0 Å². The molecule has 1 aromatic heterocycles. The summed E-state index contributed by atoms with van der Waals surface area (Å²) in [6.07, 6.45) is 1.78. The number of nitrogens with zero attached hydrogens (tertiary/aromatic N) is 4. The Kier molecular flexibility index (Phi) is 4.79. The molecule has 0 bridgehead atoms. The molecule has 0 unspecified atom stereocenters. The fourth-order valence-electron chi connectivity index (χ4n) is 2.28. The number of rotatable bonds is 6. The summed E-state index contributed by atoms with van der Waals surface area (Å²) < 4.78 is 1.54. The Morgan fingerprint density at radius 2 is 1.68 bits per heavy atom. The minimum absolute atomic E-state index is 0.0887. The van der Waals surface area contributed by atoms with Gasteiger partial charge in [0.25, 0.3) is 0 Å². The van der Waals surface area contributed by atoms with E-state index in [0.717, 1.165) is 16.8 Å². The first-order valence-corrected chi connectivity index (χ1v) is 7.59. The highest BCUT2D eigenvalue weighted by Crippen LogP contribution is 2.09. The van der Waals surface area contributed by atoms with E-state index in [9.17, 15) is 9.59 Å². The number of carbonyl (C=O) groups is 2. The average molecular weight is 336 g/mol. The van der Waals surface area contributed by atoms with E-state index in [-0.39, 0.29) is 12.3 Å². The summed E-state index contributed by atoms with van der Waals surface area (Å²) in [4.78, 5) is 23.1. The summed E-state index contributed by atoms with van der Waals surface area (Å²) in [6, 6.07) is 14.2. The van der Waals surface area contributed by atoms with Crippen LogP contribution < -0.4 is 11.1 Å². The summed E-state index contributed by atoms with van der Waals surface area (Å²) in [6.45, 7) is 0.389. The van der Waals surface area contributed by atoms with Crippen LogP contribution in [-0.2, 0) is 17.8 Å². The van der Waals surface area contributed by atoms with E-state index in [1.54, 1.807) is 28.9 Å². The largest absolute Gasteiger partial charge is 0.366 e. The van der Waals surface area contributed by atoms with E-state index in [2.05, 4.69) is 20.8 Å². The lowest BCUT2D eigenvalue weighted by atomic mass is 10.1. The van der Waals surface area contributed by atoms with Gasteiger partial charge in [0, 0.05) is 12.1 Å². The minimum Gasteiger partial charge on any atom is -0.366 e. The molecular weight excluding hydrogens is 320 g/mol. The minimum atomic E-state index is -0.472. The molecule has 0 saturated carbocycles. The van der Waals surface area contributed by atoms with Crippen LogP contribution in [0.4, 0.5) is 0 Å². The molecule has 2 amide bonds. The number of nitrogens with two attached hydrogens (primary N) is 1. The normalized spacial score (nSPS) is 10.4. The summed E-state index contributed by atoms with van der Waals surface area (Å²) in [5, 5.41) is 13.8. The van der Waals surface area contributed by atoms with Crippen molar-refractivity contribution in [3.8, 4) is 5.69 Å². The van der Waals surface area contributed by atoms with E-state index in [0.29, 0.717) is 12.1 Å².